The summed E-state index contributed by atoms with van der Waals surface area (Å²) in [5.74, 6) is 2.95. The topological polar surface area (TPSA) is 87.2 Å². The van der Waals surface area contributed by atoms with Crippen LogP contribution in [-0.2, 0) is 13.0 Å². The molecule has 0 aliphatic heterocycles. The molecule has 150 valence electrons. The summed E-state index contributed by atoms with van der Waals surface area (Å²) in [4.78, 5) is 10.5. The quantitative estimate of drug-likeness (QED) is 0.245. The van der Waals surface area contributed by atoms with E-state index in [2.05, 4.69) is 48.3 Å². The largest absolute Gasteiger partial charge is 0.497 e. The van der Waals surface area contributed by atoms with Crippen molar-refractivity contribution in [3.05, 3.63) is 52.5 Å². The van der Waals surface area contributed by atoms with Crippen LogP contribution in [0.25, 0.3) is 11.4 Å². The van der Waals surface area contributed by atoms with Gasteiger partial charge < -0.3 is 15.4 Å². The van der Waals surface area contributed by atoms with Gasteiger partial charge in [-0.15, -0.1) is 35.3 Å². The molecule has 0 saturated carbocycles. The van der Waals surface area contributed by atoms with Crippen LogP contribution in [0.5, 0.6) is 5.75 Å². The first kappa shape index (κ1) is 22.2. The minimum absolute atomic E-state index is 0. The second-order valence-electron chi connectivity index (χ2n) is 5.79. The Morgan fingerprint density at radius 2 is 2.04 bits per heavy atom. The van der Waals surface area contributed by atoms with Crippen LogP contribution in [0, 0.1) is 0 Å². The van der Waals surface area contributed by atoms with E-state index >= 15 is 0 Å². The van der Waals surface area contributed by atoms with Gasteiger partial charge in [-0.25, -0.2) is 9.98 Å². The van der Waals surface area contributed by atoms with Gasteiger partial charge >= 0.3 is 0 Å². The lowest BCUT2D eigenvalue weighted by molar-refractivity contribution is 0.415. The third-order valence-corrected chi connectivity index (χ3v) is 4.79. The molecular formula is C19H25IN6OS. The summed E-state index contributed by atoms with van der Waals surface area (Å²) in [7, 11) is 1.65. The monoisotopic (exact) mass is 512 g/mol. The fourth-order valence-corrected chi connectivity index (χ4v) is 3.20. The fourth-order valence-electron chi connectivity index (χ4n) is 2.49. The Morgan fingerprint density at radius 3 is 2.71 bits per heavy atom. The molecule has 28 heavy (non-hydrogen) atoms. The van der Waals surface area contributed by atoms with Crippen molar-refractivity contribution in [2.75, 3.05) is 20.2 Å². The zero-order valence-corrected chi connectivity index (χ0v) is 19.1. The number of aromatic amines is 1. The van der Waals surface area contributed by atoms with Gasteiger partial charge in [-0.3, -0.25) is 5.10 Å². The van der Waals surface area contributed by atoms with Gasteiger partial charge in [0.25, 0.3) is 0 Å². The molecule has 7 nitrogen and oxygen atoms in total. The Morgan fingerprint density at radius 1 is 1.21 bits per heavy atom. The molecule has 0 fully saturated rings. The smallest absolute Gasteiger partial charge is 0.191 e. The molecule has 0 aliphatic rings. The van der Waals surface area contributed by atoms with Crippen LogP contribution in [0.3, 0.4) is 0 Å². The number of ether oxygens (including phenoxy) is 1. The van der Waals surface area contributed by atoms with Crippen molar-refractivity contribution in [2.45, 2.75) is 19.9 Å². The van der Waals surface area contributed by atoms with E-state index in [0.717, 1.165) is 42.6 Å². The molecular weight excluding hydrogens is 487 g/mol. The molecule has 0 atom stereocenters. The van der Waals surface area contributed by atoms with Gasteiger partial charge in [-0.05, 0) is 49.1 Å². The molecule has 3 N–H and O–H groups in total. The molecule has 9 heteroatoms. The lowest BCUT2D eigenvalue weighted by Crippen LogP contribution is -2.38. The highest BCUT2D eigenvalue weighted by Crippen LogP contribution is 2.19. The lowest BCUT2D eigenvalue weighted by atomic mass is 10.2. The van der Waals surface area contributed by atoms with Gasteiger partial charge in [0.2, 0.25) is 0 Å². The zero-order chi connectivity index (χ0) is 18.9. The third-order valence-electron chi connectivity index (χ3n) is 3.86. The van der Waals surface area contributed by atoms with Crippen LogP contribution in [0.4, 0.5) is 0 Å². The first-order valence-electron chi connectivity index (χ1n) is 8.88. The third kappa shape index (κ3) is 6.48. The summed E-state index contributed by atoms with van der Waals surface area (Å²) in [6.45, 7) is 4.11. The maximum absolute atomic E-state index is 5.17. The number of methoxy groups -OCH3 is 1. The summed E-state index contributed by atoms with van der Waals surface area (Å²) >= 11 is 1.77. The van der Waals surface area contributed by atoms with Crippen LogP contribution in [0.15, 0.2) is 46.8 Å². The molecule has 0 unspecified atom stereocenters. The standard InChI is InChI=1S/C19H24N6OS.HI/c1-3-20-19(21-11-10-16-5-4-12-27-16)22-13-17-23-18(25-24-17)14-6-8-15(26-2)9-7-14;/h4-9,12H,3,10-11,13H2,1-2H3,(H2,20,21,22)(H,23,24,25);1H. The van der Waals surface area contributed by atoms with Crippen molar-refractivity contribution in [3.63, 3.8) is 0 Å². The van der Waals surface area contributed by atoms with E-state index in [4.69, 9.17) is 4.74 Å². The highest BCUT2D eigenvalue weighted by atomic mass is 127. The number of hydrogen-bond donors (Lipinski definition) is 3. The molecule has 0 bridgehead atoms. The first-order valence-corrected chi connectivity index (χ1v) is 9.76. The summed E-state index contributed by atoms with van der Waals surface area (Å²) in [5, 5.41) is 15.9. The number of thiophene rings is 1. The molecule has 1 aromatic carbocycles. The number of nitrogens with one attached hydrogen (secondary N) is 3. The summed E-state index contributed by atoms with van der Waals surface area (Å²) < 4.78 is 5.17. The van der Waals surface area contributed by atoms with Crippen LogP contribution >= 0.6 is 35.3 Å². The predicted molar refractivity (Wildman–Crippen MR) is 125 cm³/mol. The fraction of sp³-hybridized carbons (Fsp3) is 0.316. The van der Waals surface area contributed by atoms with Gasteiger partial charge in [0.1, 0.15) is 18.1 Å². The van der Waals surface area contributed by atoms with Crippen molar-refractivity contribution in [1.82, 2.24) is 25.8 Å². The summed E-state index contributed by atoms with van der Waals surface area (Å²) in [6, 6.07) is 11.9. The number of H-pyrrole nitrogens is 1. The van der Waals surface area contributed by atoms with E-state index in [9.17, 15) is 0 Å². The molecule has 0 radical (unpaired) electrons. The number of guanidine groups is 1. The van der Waals surface area contributed by atoms with Gasteiger partial charge in [-0.2, -0.15) is 5.10 Å². The minimum Gasteiger partial charge on any atom is -0.497 e. The Bertz CT molecular complexity index is 848. The van der Waals surface area contributed by atoms with Crippen LogP contribution in [0.1, 0.15) is 17.6 Å². The molecule has 2 heterocycles. The molecule has 3 rings (SSSR count). The van der Waals surface area contributed by atoms with Gasteiger partial charge in [0.15, 0.2) is 11.8 Å². The normalized spacial score (nSPS) is 11.0. The van der Waals surface area contributed by atoms with Crippen molar-refractivity contribution >= 4 is 41.3 Å². The van der Waals surface area contributed by atoms with E-state index in [1.54, 1.807) is 18.4 Å². The Hall–Kier alpha value is -2.14. The average molecular weight is 512 g/mol. The lowest BCUT2D eigenvalue weighted by Gasteiger charge is -2.10. The van der Waals surface area contributed by atoms with Gasteiger partial charge in [0.05, 0.1) is 7.11 Å². The van der Waals surface area contributed by atoms with Crippen molar-refractivity contribution in [2.24, 2.45) is 4.99 Å². The number of hydrogen-bond acceptors (Lipinski definition) is 5. The molecule has 0 aliphatic carbocycles. The van der Waals surface area contributed by atoms with Crippen LogP contribution < -0.4 is 15.4 Å². The Balaban J connectivity index is 0.00000280. The number of rotatable bonds is 8. The second-order valence-corrected chi connectivity index (χ2v) is 6.82. The maximum atomic E-state index is 5.17. The van der Waals surface area contributed by atoms with Crippen LogP contribution in [-0.4, -0.2) is 41.3 Å². The first-order chi connectivity index (χ1) is 13.3. The van der Waals surface area contributed by atoms with E-state index < -0.39 is 0 Å². The van der Waals surface area contributed by atoms with Gasteiger partial charge in [0, 0.05) is 23.5 Å². The summed E-state index contributed by atoms with van der Waals surface area (Å²) in [6.07, 6.45) is 0.978. The molecule has 3 aromatic rings. The van der Waals surface area contributed by atoms with Crippen molar-refractivity contribution < 1.29 is 4.74 Å². The van der Waals surface area contributed by atoms with Crippen LogP contribution in [0.2, 0.25) is 0 Å². The Kier molecular flexibility index (Phi) is 9.21. The minimum atomic E-state index is 0. The highest BCUT2D eigenvalue weighted by Gasteiger charge is 2.06. The van der Waals surface area contributed by atoms with Crippen molar-refractivity contribution in [1.29, 1.82) is 0 Å². The van der Waals surface area contributed by atoms with E-state index in [0.29, 0.717) is 12.4 Å². The second kappa shape index (κ2) is 11.6. The van der Waals surface area contributed by atoms with E-state index in [1.807, 2.05) is 31.2 Å². The molecule has 0 spiro atoms. The number of benzene rings is 1. The van der Waals surface area contributed by atoms with E-state index in [1.165, 1.54) is 4.88 Å². The summed E-state index contributed by atoms with van der Waals surface area (Å²) in [5.41, 5.74) is 0.934. The zero-order valence-electron chi connectivity index (χ0n) is 15.9. The SMILES string of the molecule is CCNC(=NCc1nc(-c2ccc(OC)cc2)n[nH]1)NCCc1cccs1.I. The molecule has 2 aromatic heterocycles. The van der Waals surface area contributed by atoms with E-state index in [-0.39, 0.29) is 24.0 Å². The highest BCUT2D eigenvalue weighted by molar-refractivity contribution is 14.0. The average Bonchev–Trinajstić information content (AvgIpc) is 3.38. The number of nitrogens with zero attached hydrogens (tertiary/aromatic N) is 3. The Labute approximate surface area is 186 Å². The van der Waals surface area contributed by atoms with Gasteiger partial charge in [-0.1, -0.05) is 6.07 Å². The predicted octanol–water partition coefficient (Wildman–Crippen LogP) is 3.46. The molecule has 0 saturated heterocycles. The number of halogens is 1. The molecule has 0 amide bonds. The number of aromatic nitrogens is 3. The maximum Gasteiger partial charge on any atom is 0.191 e. The number of aliphatic imine (C=N–C) groups is 1. The van der Waals surface area contributed by atoms with Crippen molar-refractivity contribution in [3.8, 4) is 17.1 Å².